The van der Waals surface area contributed by atoms with Crippen LogP contribution in [0.4, 0.5) is 8.78 Å². The standard InChI is InChI=1S/C35H50F2O/c1-3-5-7-9-27-14-16-29(17-15-27)32-22-23-33(35(37)34(32)36)30-18-20-31(21-19-30)38-25-24-28-12-10-26(11-13-28)8-6-4-2/h18-23,26-29H,3-17,24-25H2,1-2H3. The van der Waals surface area contributed by atoms with Crippen molar-refractivity contribution < 1.29 is 13.5 Å². The van der Waals surface area contributed by atoms with Crippen LogP contribution in [-0.4, -0.2) is 6.61 Å². The smallest absolute Gasteiger partial charge is 0.166 e. The van der Waals surface area contributed by atoms with Crippen LogP contribution in [0.2, 0.25) is 0 Å². The maximum Gasteiger partial charge on any atom is 0.166 e. The lowest BCUT2D eigenvalue weighted by molar-refractivity contribution is 0.210. The summed E-state index contributed by atoms with van der Waals surface area (Å²) in [7, 11) is 0. The Morgan fingerprint density at radius 1 is 0.632 bits per heavy atom. The summed E-state index contributed by atoms with van der Waals surface area (Å²) < 4.78 is 36.4. The van der Waals surface area contributed by atoms with Gasteiger partial charge in [-0.05, 0) is 79.0 Å². The average molecular weight is 525 g/mol. The fraction of sp³-hybridized carbons (Fsp3) is 0.657. The molecule has 38 heavy (non-hydrogen) atoms. The molecule has 0 atom stereocenters. The predicted octanol–water partition coefficient (Wildman–Crippen LogP) is 11.3. The molecule has 0 N–H and O–H groups in total. The van der Waals surface area contributed by atoms with Crippen molar-refractivity contribution in [2.75, 3.05) is 6.61 Å². The molecule has 0 saturated heterocycles. The summed E-state index contributed by atoms with van der Waals surface area (Å²) in [5.74, 6) is 2.06. The van der Waals surface area contributed by atoms with Crippen molar-refractivity contribution in [1.82, 2.24) is 0 Å². The van der Waals surface area contributed by atoms with Crippen LogP contribution in [0.15, 0.2) is 36.4 Å². The topological polar surface area (TPSA) is 9.23 Å². The first-order valence-corrected chi connectivity index (χ1v) is 15.8. The summed E-state index contributed by atoms with van der Waals surface area (Å²) in [6, 6.07) is 11.1. The van der Waals surface area contributed by atoms with Gasteiger partial charge in [0, 0.05) is 5.56 Å². The molecule has 0 amide bonds. The van der Waals surface area contributed by atoms with E-state index in [4.69, 9.17) is 4.74 Å². The highest BCUT2D eigenvalue weighted by atomic mass is 19.2. The van der Waals surface area contributed by atoms with E-state index in [0.29, 0.717) is 16.7 Å². The zero-order chi connectivity index (χ0) is 26.7. The normalized spacial score (nSPS) is 23.9. The first-order chi connectivity index (χ1) is 18.6. The number of hydrogen-bond acceptors (Lipinski definition) is 1. The van der Waals surface area contributed by atoms with E-state index in [1.807, 2.05) is 30.3 Å². The Morgan fingerprint density at radius 2 is 1.21 bits per heavy atom. The maximum atomic E-state index is 15.2. The lowest BCUT2D eigenvalue weighted by Gasteiger charge is -2.29. The molecular weight excluding hydrogens is 474 g/mol. The second-order valence-corrected chi connectivity index (χ2v) is 12.2. The van der Waals surface area contributed by atoms with Crippen LogP contribution in [0.25, 0.3) is 11.1 Å². The minimum Gasteiger partial charge on any atom is -0.494 e. The van der Waals surface area contributed by atoms with Crippen LogP contribution in [0.3, 0.4) is 0 Å². The summed E-state index contributed by atoms with van der Waals surface area (Å²) in [6.45, 7) is 5.24. The third-order valence-corrected chi connectivity index (χ3v) is 9.51. The van der Waals surface area contributed by atoms with Crippen molar-refractivity contribution in [1.29, 1.82) is 0 Å². The molecule has 0 heterocycles. The summed E-state index contributed by atoms with van der Waals surface area (Å²) in [4.78, 5) is 0. The van der Waals surface area contributed by atoms with Crippen LogP contribution in [-0.2, 0) is 0 Å². The lowest BCUT2D eigenvalue weighted by Crippen LogP contribution is -2.16. The molecule has 2 fully saturated rings. The molecule has 0 spiro atoms. The van der Waals surface area contributed by atoms with Gasteiger partial charge in [0.1, 0.15) is 5.75 Å². The third-order valence-electron chi connectivity index (χ3n) is 9.51. The van der Waals surface area contributed by atoms with Gasteiger partial charge in [0.05, 0.1) is 6.61 Å². The van der Waals surface area contributed by atoms with Gasteiger partial charge < -0.3 is 4.74 Å². The quantitative estimate of drug-likeness (QED) is 0.237. The van der Waals surface area contributed by atoms with Crippen molar-refractivity contribution >= 4 is 0 Å². The molecule has 0 unspecified atom stereocenters. The fourth-order valence-electron chi connectivity index (χ4n) is 6.92. The summed E-state index contributed by atoms with van der Waals surface area (Å²) in [5, 5.41) is 0. The number of rotatable bonds is 13. The van der Waals surface area contributed by atoms with E-state index < -0.39 is 11.6 Å². The summed E-state index contributed by atoms with van der Waals surface area (Å²) >= 11 is 0. The molecule has 2 saturated carbocycles. The number of ether oxygens (including phenoxy) is 1. The molecule has 1 nitrogen and oxygen atoms in total. The molecule has 2 aliphatic carbocycles. The molecule has 0 bridgehead atoms. The van der Waals surface area contributed by atoms with Gasteiger partial charge in [-0.2, -0.15) is 0 Å². The second-order valence-electron chi connectivity index (χ2n) is 12.2. The zero-order valence-electron chi connectivity index (χ0n) is 24.0. The minimum atomic E-state index is -0.712. The molecular formula is C35H50F2O. The van der Waals surface area contributed by atoms with Gasteiger partial charge in [0.15, 0.2) is 11.6 Å². The van der Waals surface area contributed by atoms with Crippen LogP contribution in [0, 0.1) is 29.4 Å². The highest BCUT2D eigenvalue weighted by Crippen LogP contribution is 2.40. The number of unbranched alkanes of at least 4 members (excludes halogenated alkanes) is 3. The van der Waals surface area contributed by atoms with E-state index in [9.17, 15) is 0 Å². The van der Waals surface area contributed by atoms with E-state index >= 15 is 8.78 Å². The van der Waals surface area contributed by atoms with Crippen LogP contribution >= 0.6 is 0 Å². The maximum absolute atomic E-state index is 15.2. The Balaban J connectivity index is 1.25. The molecule has 3 heteroatoms. The average Bonchev–Trinajstić information content (AvgIpc) is 2.95. The molecule has 4 rings (SSSR count). The summed E-state index contributed by atoms with van der Waals surface area (Å²) in [5.41, 5.74) is 1.61. The van der Waals surface area contributed by atoms with Crippen molar-refractivity contribution in [2.45, 2.75) is 122 Å². The molecule has 0 radical (unpaired) electrons. The molecule has 2 aliphatic rings. The van der Waals surface area contributed by atoms with Gasteiger partial charge in [-0.1, -0.05) is 109 Å². The van der Waals surface area contributed by atoms with Gasteiger partial charge in [-0.25, -0.2) is 8.78 Å². The van der Waals surface area contributed by atoms with Gasteiger partial charge in [-0.3, -0.25) is 0 Å². The van der Waals surface area contributed by atoms with Crippen molar-refractivity contribution in [2.24, 2.45) is 17.8 Å². The van der Waals surface area contributed by atoms with Crippen molar-refractivity contribution in [3.63, 3.8) is 0 Å². The van der Waals surface area contributed by atoms with Crippen LogP contribution in [0.1, 0.15) is 128 Å². The third kappa shape index (κ3) is 8.06. The molecule has 210 valence electrons. The lowest BCUT2D eigenvalue weighted by atomic mass is 9.76. The fourth-order valence-corrected chi connectivity index (χ4v) is 6.92. The van der Waals surface area contributed by atoms with Gasteiger partial charge in [0.25, 0.3) is 0 Å². The Hall–Kier alpha value is -1.90. The summed E-state index contributed by atoms with van der Waals surface area (Å²) in [6.07, 6.45) is 19.9. The number of hydrogen-bond donors (Lipinski definition) is 0. The van der Waals surface area contributed by atoms with Crippen LogP contribution < -0.4 is 4.74 Å². The highest BCUT2D eigenvalue weighted by molar-refractivity contribution is 5.65. The number of halogens is 2. The Kier molecular flexibility index (Phi) is 11.5. The van der Waals surface area contributed by atoms with Gasteiger partial charge >= 0.3 is 0 Å². The van der Waals surface area contributed by atoms with E-state index in [1.165, 1.54) is 70.6 Å². The van der Waals surface area contributed by atoms with E-state index in [-0.39, 0.29) is 5.92 Å². The Bertz CT molecular complexity index is 953. The van der Waals surface area contributed by atoms with Gasteiger partial charge in [0.2, 0.25) is 0 Å². The van der Waals surface area contributed by atoms with Crippen molar-refractivity contribution in [3.05, 3.63) is 53.6 Å². The zero-order valence-corrected chi connectivity index (χ0v) is 24.0. The van der Waals surface area contributed by atoms with E-state index in [1.54, 1.807) is 6.07 Å². The molecule has 0 aliphatic heterocycles. The Morgan fingerprint density at radius 3 is 1.84 bits per heavy atom. The predicted molar refractivity (Wildman–Crippen MR) is 156 cm³/mol. The van der Waals surface area contributed by atoms with E-state index in [2.05, 4.69) is 13.8 Å². The monoisotopic (exact) mass is 524 g/mol. The molecule has 0 aromatic heterocycles. The SMILES string of the molecule is CCCCCC1CCC(c2ccc(-c3ccc(OCCC4CCC(CCCC)CC4)cc3)c(F)c2F)CC1. The first-order valence-electron chi connectivity index (χ1n) is 15.8. The first kappa shape index (κ1) is 29.1. The minimum absolute atomic E-state index is 0.142. The highest BCUT2D eigenvalue weighted by Gasteiger charge is 2.26. The van der Waals surface area contributed by atoms with Crippen LogP contribution in [0.5, 0.6) is 5.75 Å². The van der Waals surface area contributed by atoms with Crippen molar-refractivity contribution in [3.8, 4) is 16.9 Å². The second kappa shape index (κ2) is 15.0. The molecule has 2 aromatic rings. The molecule has 2 aromatic carbocycles. The van der Waals surface area contributed by atoms with Gasteiger partial charge in [-0.15, -0.1) is 0 Å². The van der Waals surface area contributed by atoms with E-state index in [0.717, 1.165) is 62.2 Å². The Labute approximate surface area is 230 Å². The number of benzene rings is 2. The largest absolute Gasteiger partial charge is 0.494 e.